The second-order valence-electron chi connectivity index (χ2n) is 3.92. The summed E-state index contributed by atoms with van der Waals surface area (Å²) in [6, 6.07) is 0.697. The van der Waals surface area contributed by atoms with Gasteiger partial charge in [0.15, 0.2) is 0 Å². The van der Waals surface area contributed by atoms with E-state index in [2.05, 4.69) is 31.1 Å². The number of rotatable bonds is 1. The molecule has 1 atom stereocenters. The zero-order chi connectivity index (χ0) is 10.3. The van der Waals surface area contributed by atoms with E-state index in [0.29, 0.717) is 6.04 Å². The highest BCUT2D eigenvalue weighted by molar-refractivity contribution is 4.76. The largest absolute Gasteiger partial charge is 0.312 e. The highest BCUT2D eigenvalue weighted by Gasteiger charge is 2.17. The Balaban J connectivity index is 0.000000671. The zero-order valence-corrected chi connectivity index (χ0v) is 9.93. The SMILES string of the molecule is CC.CC(C)C1CN(C)CCCN1. The number of nitrogens with one attached hydrogen (secondary N) is 1. The lowest BCUT2D eigenvalue weighted by Crippen LogP contribution is -2.39. The smallest absolute Gasteiger partial charge is 0.0217 e. The van der Waals surface area contributed by atoms with Crippen molar-refractivity contribution in [1.29, 1.82) is 0 Å². The van der Waals surface area contributed by atoms with Crippen molar-refractivity contribution in [3.8, 4) is 0 Å². The summed E-state index contributed by atoms with van der Waals surface area (Å²) >= 11 is 0. The van der Waals surface area contributed by atoms with Crippen molar-refractivity contribution in [3.05, 3.63) is 0 Å². The van der Waals surface area contributed by atoms with Crippen LogP contribution in [0.1, 0.15) is 34.1 Å². The van der Waals surface area contributed by atoms with Gasteiger partial charge in [0, 0.05) is 12.6 Å². The van der Waals surface area contributed by atoms with Crippen LogP contribution in [0.15, 0.2) is 0 Å². The van der Waals surface area contributed by atoms with Crippen molar-refractivity contribution in [1.82, 2.24) is 10.2 Å². The molecule has 1 aliphatic rings. The number of nitrogens with zero attached hydrogens (tertiary/aromatic N) is 1. The molecule has 2 nitrogen and oxygen atoms in total. The maximum absolute atomic E-state index is 3.57. The van der Waals surface area contributed by atoms with Gasteiger partial charge in [-0.2, -0.15) is 0 Å². The molecular weight excluding hydrogens is 160 g/mol. The number of likely N-dealkylation sites (N-methyl/N-ethyl adjacent to an activating group) is 1. The van der Waals surface area contributed by atoms with Gasteiger partial charge >= 0.3 is 0 Å². The first-order chi connectivity index (χ1) is 6.20. The summed E-state index contributed by atoms with van der Waals surface area (Å²) in [5, 5.41) is 3.57. The lowest BCUT2D eigenvalue weighted by Gasteiger charge is -2.23. The van der Waals surface area contributed by atoms with Gasteiger partial charge in [0.2, 0.25) is 0 Å². The van der Waals surface area contributed by atoms with E-state index in [1.165, 1.54) is 26.1 Å². The van der Waals surface area contributed by atoms with E-state index in [1.807, 2.05) is 13.8 Å². The topological polar surface area (TPSA) is 15.3 Å². The molecule has 0 bridgehead atoms. The molecule has 0 radical (unpaired) electrons. The van der Waals surface area contributed by atoms with Gasteiger partial charge in [0.1, 0.15) is 0 Å². The van der Waals surface area contributed by atoms with Gasteiger partial charge in [-0.15, -0.1) is 0 Å². The van der Waals surface area contributed by atoms with Crippen molar-refractivity contribution in [2.24, 2.45) is 5.92 Å². The molecule has 2 heteroatoms. The van der Waals surface area contributed by atoms with E-state index < -0.39 is 0 Å². The molecule has 80 valence electrons. The van der Waals surface area contributed by atoms with Crippen LogP contribution in [-0.4, -0.2) is 37.6 Å². The summed E-state index contributed by atoms with van der Waals surface area (Å²) in [6.07, 6.45) is 1.29. The van der Waals surface area contributed by atoms with E-state index >= 15 is 0 Å². The normalized spacial score (nSPS) is 24.9. The van der Waals surface area contributed by atoms with E-state index in [4.69, 9.17) is 0 Å². The van der Waals surface area contributed by atoms with Crippen LogP contribution in [0.2, 0.25) is 0 Å². The summed E-state index contributed by atoms with van der Waals surface area (Å²) in [7, 11) is 2.21. The molecule has 1 N–H and O–H groups in total. The zero-order valence-electron chi connectivity index (χ0n) is 9.93. The number of hydrogen-bond donors (Lipinski definition) is 1. The molecule has 1 aliphatic heterocycles. The van der Waals surface area contributed by atoms with Crippen molar-refractivity contribution in [3.63, 3.8) is 0 Å². The Morgan fingerprint density at radius 2 is 1.92 bits per heavy atom. The first-order valence-electron chi connectivity index (χ1n) is 5.62. The highest BCUT2D eigenvalue weighted by Crippen LogP contribution is 2.06. The third kappa shape index (κ3) is 5.27. The predicted octanol–water partition coefficient (Wildman–Crippen LogP) is 1.96. The first kappa shape index (κ1) is 12.9. The highest BCUT2D eigenvalue weighted by atomic mass is 15.1. The molecule has 1 rings (SSSR count). The minimum Gasteiger partial charge on any atom is -0.312 e. The maximum Gasteiger partial charge on any atom is 0.0217 e. The van der Waals surface area contributed by atoms with Crippen LogP contribution in [-0.2, 0) is 0 Å². The fraction of sp³-hybridized carbons (Fsp3) is 1.00. The van der Waals surface area contributed by atoms with Gasteiger partial charge in [-0.25, -0.2) is 0 Å². The van der Waals surface area contributed by atoms with Crippen LogP contribution in [0.5, 0.6) is 0 Å². The molecule has 1 unspecified atom stereocenters. The third-order valence-electron chi connectivity index (χ3n) is 2.44. The lowest BCUT2D eigenvalue weighted by atomic mass is 10.0. The molecule has 13 heavy (non-hydrogen) atoms. The third-order valence-corrected chi connectivity index (χ3v) is 2.44. The minimum absolute atomic E-state index is 0.697. The standard InChI is InChI=1S/C9H20N2.C2H6/c1-8(2)9-7-11(3)6-4-5-10-9;1-2/h8-10H,4-7H2,1-3H3;1-2H3. The molecule has 1 fully saturated rings. The molecule has 0 aliphatic carbocycles. The summed E-state index contributed by atoms with van der Waals surface area (Å²) in [5.74, 6) is 0.760. The van der Waals surface area contributed by atoms with E-state index in [0.717, 1.165) is 5.92 Å². The lowest BCUT2D eigenvalue weighted by molar-refractivity contribution is 0.290. The average Bonchev–Trinajstić information content (AvgIpc) is 2.33. The summed E-state index contributed by atoms with van der Waals surface area (Å²) < 4.78 is 0. The van der Waals surface area contributed by atoms with Crippen molar-refractivity contribution in [2.75, 3.05) is 26.7 Å². The predicted molar refractivity (Wildman–Crippen MR) is 60.1 cm³/mol. The molecule has 0 aromatic heterocycles. The molecule has 1 heterocycles. The monoisotopic (exact) mass is 186 g/mol. The van der Waals surface area contributed by atoms with Crippen molar-refractivity contribution >= 4 is 0 Å². The Bertz CT molecular complexity index is 113. The van der Waals surface area contributed by atoms with Gasteiger partial charge in [-0.05, 0) is 32.5 Å². The quantitative estimate of drug-likeness (QED) is 0.673. The van der Waals surface area contributed by atoms with Crippen LogP contribution in [0.25, 0.3) is 0 Å². The summed E-state index contributed by atoms with van der Waals surface area (Å²) in [6.45, 7) is 12.2. The Labute approximate surface area is 83.7 Å². The minimum atomic E-state index is 0.697. The van der Waals surface area contributed by atoms with Crippen LogP contribution in [0.4, 0.5) is 0 Å². The second-order valence-corrected chi connectivity index (χ2v) is 3.92. The van der Waals surface area contributed by atoms with Crippen LogP contribution in [0.3, 0.4) is 0 Å². The van der Waals surface area contributed by atoms with Gasteiger partial charge in [0.05, 0.1) is 0 Å². The molecular formula is C11H26N2. The van der Waals surface area contributed by atoms with E-state index in [9.17, 15) is 0 Å². The molecule has 1 saturated heterocycles. The second kappa shape index (κ2) is 7.34. The van der Waals surface area contributed by atoms with Crippen molar-refractivity contribution in [2.45, 2.75) is 40.2 Å². The Morgan fingerprint density at radius 3 is 2.46 bits per heavy atom. The molecule has 0 amide bonds. The molecule has 0 aromatic rings. The van der Waals surface area contributed by atoms with Gasteiger partial charge < -0.3 is 10.2 Å². The van der Waals surface area contributed by atoms with Crippen LogP contribution >= 0.6 is 0 Å². The molecule has 0 aromatic carbocycles. The Morgan fingerprint density at radius 1 is 1.31 bits per heavy atom. The Hall–Kier alpha value is -0.0800. The Kier molecular flexibility index (Phi) is 7.29. The maximum atomic E-state index is 3.57. The van der Waals surface area contributed by atoms with Gasteiger partial charge in [-0.1, -0.05) is 27.7 Å². The fourth-order valence-corrected chi connectivity index (χ4v) is 1.57. The average molecular weight is 186 g/mol. The molecule has 0 saturated carbocycles. The van der Waals surface area contributed by atoms with E-state index in [-0.39, 0.29) is 0 Å². The van der Waals surface area contributed by atoms with Crippen molar-refractivity contribution < 1.29 is 0 Å². The first-order valence-corrected chi connectivity index (χ1v) is 5.62. The summed E-state index contributed by atoms with van der Waals surface area (Å²) in [4.78, 5) is 2.42. The van der Waals surface area contributed by atoms with E-state index in [1.54, 1.807) is 0 Å². The number of hydrogen-bond acceptors (Lipinski definition) is 2. The fourth-order valence-electron chi connectivity index (χ4n) is 1.57. The summed E-state index contributed by atoms with van der Waals surface area (Å²) in [5.41, 5.74) is 0. The molecule has 0 spiro atoms. The van der Waals surface area contributed by atoms with Crippen LogP contribution < -0.4 is 5.32 Å². The van der Waals surface area contributed by atoms with Gasteiger partial charge in [-0.3, -0.25) is 0 Å². The van der Waals surface area contributed by atoms with Crippen LogP contribution in [0, 0.1) is 5.92 Å². The van der Waals surface area contributed by atoms with Gasteiger partial charge in [0.25, 0.3) is 0 Å².